The van der Waals surface area contributed by atoms with Crippen LogP contribution >= 0.6 is 0 Å². The minimum absolute atomic E-state index is 0.576. The molecule has 1 aromatic rings. The molecule has 0 aliphatic heterocycles. The molecule has 1 rings (SSSR count). The van der Waals surface area contributed by atoms with Crippen LogP contribution in [0.25, 0.3) is 0 Å². The number of hydrogen-bond donors (Lipinski definition) is 0. The number of aromatic nitrogens is 2. The van der Waals surface area contributed by atoms with Crippen molar-refractivity contribution < 1.29 is 4.57 Å². The number of rotatable bonds is 5. The van der Waals surface area contributed by atoms with E-state index in [9.17, 15) is 0 Å². The maximum atomic E-state index is 2.27. The standard InChI is InChI=1S/C11H21N2/c1-4-5-6-7-12-8-9-13(10-12)11(2)3/h8-11H,4-7H2,1-3H3/q+1. The zero-order valence-electron chi connectivity index (χ0n) is 9.03. The van der Waals surface area contributed by atoms with E-state index < -0.39 is 0 Å². The zero-order chi connectivity index (χ0) is 9.68. The molecule has 0 radical (unpaired) electrons. The van der Waals surface area contributed by atoms with E-state index in [-0.39, 0.29) is 0 Å². The molecule has 0 amide bonds. The first-order chi connectivity index (χ1) is 6.24. The summed E-state index contributed by atoms with van der Waals surface area (Å²) in [6, 6.07) is 0.576. The SMILES string of the molecule is CCCCC[n+]1ccn(C(C)C)c1. The molecule has 13 heavy (non-hydrogen) atoms. The third-order valence-corrected chi connectivity index (χ3v) is 2.33. The number of unbranched alkanes of at least 4 members (excludes halogenated alkanes) is 2. The molecule has 0 aromatic carbocycles. The van der Waals surface area contributed by atoms with Gasteiger partial charge in [-0.05, 0) is 26.7 Å². The Morgan fingerprint density at radius 3 is 2.62 bits per heavy atom. The van der Waals surface area contributed by atoms with Crippen molar-refractivity contribution in [2.45, 2.75) is 52.6 Å². The monoisotopic (exact) mass is 181 g/mol. The smallest absolute Gasteiger partial charge is 0.237 e. The molecule has 0 saturated heterocycles. The van der Waals surface area contributed by atoms with Gasteiger partial charge in [0.2, 0.25) is 6.33 Å². The molecule has 0 atom stereocenters. The molecule has 0 aliphatic carbocycles. The van der Waals surface area contributed by atoms with Crippen molar-refractivity contribution in [1.29, 1.82) is 0 Å². The Morgan fingerprint density at radius 1 is 1.31 bits per heavy atom. The molecule has 0 unspecified atom stereocenters. The maximum absolute atomic E-state index is 2.27. The van der Waals surface area contributed by atoms with Crippen LogP contribution in [0.4, 0.5) is 0 Å². The first-order valence-corrected chi connectivity index (χ1v) is 5.30. The van der Waals surface area contributed by atoms with Gasteiger partial charge in [0.05, 0.1) is 12.6 Å². The molecule has 0 fully saturated rings. The highest BCUT2D eigenvalue weighted by Crippen LogP contribution is 2.00. The predicted molar refractivity (Wildman–Crippen MR) is 54.5 cm³/mol. The van der Waals surface area contributed by atoms with E-state index in [4.69, 9.17) is 0 Å². The molecule has 2 nitrogen and oxygen atoms in total. The lowest BCUT2D eigenvalue weighted by atomic mass is 10.2. The molecule has 0 aliphatic rings. The van der Waals surface area contributed by atoms with Gasteiger partial charge >= 0.3 is 0 Å². The van der Waals surface area contributed by atoms with Gasteiger partial charge in [-0.2, -0.15) is 0 Å². The average Bonchev–Trinajstić information content (AvgIpc) is 2.53. The van der Waals surface area contributed by atoms with Crippen LogP contribution in [0.5, 0.6) is 0 Å². The minimum atomic E-state index is 0.576. The van der Waals surface area contributed by atoms with Crippen LogP contribution in [0.2, 0.25) is 0 Å². The van der Waals surface area contributed by atoms with Gasteiger partial charge in [0, 0.05) is 0 Å². The van der Waals surface area contributed by atoms with Crippen molar-refractivity contribution >= 4 is 0 Å². The van der Waals surface area contributed by atoms with Gasteiger partial charge in [0.15, 0.2) is 0 Å². The normalized spacial score (nSPS) is 11.1. The molecule has 0 spiro atoms. The van der Waals surface area contributed by atoms with Gasteiger partial charge in [-0.1, -0.05) is 13.3 Å². The molecule has 74 valence electrons. The summed E-state index contributed by atoms with van der Waals surface area (Å²) in [5.41, 5.74) is 0. The summed E-state index contributed by atoms with van der Waals surface area (Å²) in [7, 11) is 0. The second-order valence-electron chi connectivity index (χ2n) is 3.90. The van der Waals surface area contributed by atoms with Crippen LogP contribution < -0.4 is 4.57 Å². The fourth-order valence-corrected chi connectivity index (χ4v) is 1.39. The molecule has 2 heteroatoms. The Morgan fingerprint density at radius 2 is 2.08 bits per heavy atom. The summed E-state index contributed by atoms with van der Waals surface area (Å²) >= 11 is 0. The largest absolute Gasteiger partial charge is 0.243 e. The number of imidazole rings is 1. The van der Waals surface area contributed by atoms with Crippen LogP contribution in [-0.4, -0.2) is 4.57 Å². The lowest BCUT2D eigenvalue weighted by Gasteiger charge is -1.97. The lowest BCUT2D eigenvalue weighted by Crippen LogP contribution is -2.30. The topological polar surface area (TPSA) is 8.81 Å². The Labute approximate surface area is 81.2 Å². The molecule has 0 N–H and O–H groups in total. The molecule has 1 aromatic heterocycles. The minimum Gasteiger partial charge on any atom is -0.237 e. The average molecular weight is 181 g/mol. The summed E-state index contributed by atoms with van der Waals surface area (Å²) in [5.74, 6) is 0. The Bertz CT molecular complexity index is 238. The molecule has 0 bridgehead atoms. The third kappa shape index (κ3) is 3.21. The van der Waals surface area contributed by atoms with Crippen molar-refractivity contribution in [1.82, 2.24) is 4.57 Å². The predicted octanol–water partition coefficient (Wildman–Crippen LogP) is 2.55. The van der Waals surface area contributed by atoms with Crippen LogP contribution in [0.1, 0.15) is 46.1 Å². The van der Waals surface area contributed by atoms with Crippen molar-refractivity contribution in [3.8, 4) is 0 Å². The summed E-state index contributed by atoms with van der Waals surface area (Å²) in [6.45, 7) is 7.81. The van der Waals surface area contributed by atoms with Gasteiger partial charge in [-0.3, -0.25) is 0 Å². The van der Waals surface area contributed by atoms with Crippen molar-refractivity contribution in [2.24, 2.45) is 0 Å². The van der Waals surface area contributed by atoms with Crippen LogP contribution in [0.15, 0.2) is 18.7 Å². The second kappa shape index (κ2) is 5.05. The fourth-order valence-electron chi connectivity index (χ4n) is 1.39. The van der Waals surface area contributed by atoms with E-state index >= 15 is 0 Å². The summed E-state index contributed by atoms with van der Waals surface area (Å²) < 4.78 is 4.52. The summed E-state index contributed by atoms with van der Waals surface area (Å²) in [5, 5.41) is 0. The van der Waals surface area contributed by atoms with E-state index in [1.54, 1.807) is 0 Å². The molecule has 1 heterocycles. The maximum Gasteiger partial charge on any atom is 0.243 e. The van der Waals surface area contributed by atoms with Gasteiger partial charge in [-0.25, -0.2) is 9.13 Å². The summed E-state index contributed by atoms with van der Waals surface area (Å²) in [4.78, 5) is 0. The van der Waals surface area contributed by atoms with Gasteiger partial charge in [0.25, 0.3) is 0 Å². The first kappa shape index (κ1) is 10.3. The van der Waals surface area contributed by atoms with Crippen molar-refractivity contribution in [3.63, 3.8) is 0 Å². The van der Waals surface area contributed by atoms with Crippen molar-refractivity contribution in [2.75, 3.05) is 0 Å². The van der Waals surface area contributed by atoms with E-state index in [1.165, 1.54) is 19.3 Å². The van der Waals surface area contributed by atoms with Gasteiger partial charge < -0.3 is 0 Å². The molecule has 0 saturated carbocycles. The molecular weight excluding hydrogens is 160 g/mol. The zero-order valence-corrected chi connectivity index (χ0v) is 9.03. The van der Waals surface area contributed by atoms with Crippen LogP contribution in [0.3, 0.4) is 0 Å². The highest BCUT2D eigenvalue weighted by atomic mass is 15.1. The number of hydrogen-bond acceptors (Lipinski definition) is 0. The Balaban J connectivity index is 2.40. The van der Waals surface area contributed by atoms with Gasteiger partial charge in [-0.15, -0.1) is 0 Å². The van der Waals surface area contributed by atoms with Crippen LogP contribution in [0, 0.1) is 0 Å². The second-order valence-corrected chi connectivity index (χ2v) is 3.90. The van der Waals surface area contributed by atoms with E-state index in [2.05, 4.69) is 48.6 Å². The Kier molecular flexibility index (Phi) is 4.00. The van der Waals surface area contributed by atoms with Crippen molar-refractivity contribution in [3.05, 3.63) is 18.7 Å². The number of nitrogens with zero attached hydrogens (tertiary/aromatic N) is 2. The van der Waals surface area contributed by atoms with E-state index in [0.717, 1.165) is 6.54 Å². The number of aryl methyl sites for hydroxylation is 1. The highest BCUT2D eigenvalue weighted by Gasteiger charge is 2.05. The summed E-state index contributed by atoms with van der Waals surface area (Å²) in [6.07, 6.45) is 10.4. The van der Waals surface area contributed by atoms with E-state index in [1.807, 2.05) is 0 Å². The lowest BCUT2D eigenvalue weighted by molar-refractivity contribution is -0.697. The first-order valence-electron chi connectivity index (χ1n) is 5.30. The molecular formula is C11H21N2+. The van der Waals surface area contributed by atoms with E-state index in [0.29, 0.717) is 6.04 Å². The van der Waals surface area contributed by atoms with Gasteiger partial charge in [0.1, 0.15) is 12.4 Å². The quantitative estimate of drug-likeness (QED) is 0.487. The van der Waals surface area contributed by atoms with Crippen LogP contribution in [-0.2, 0) is 6.54 Å². The Hall–Kier alpha value is -0.790. The highest BCUT2D eigenvalue weighted by molar-refractivity contribution is 4.69. The third-order valence-electron chi connectivity index (χ3n) is 2.33. The fraction of sp³-hybridized carbons (Fsp3) is 0.727.